The minimum absolute atomic E-state index is 0.184. The van der Waals surface area contributed by atoms with E-state index in [0.717, 1.165) is 18.6 Å². The van der Waals surface area contributed by atoms with Crippen LogP contribution in [0.25, 0.3) is 10.1 Å². The van der Waals surface area contributed by atoms with Gasteiger partial charge in [-0.25, -0.2) is 0 Å². The molecular formula is C16H23NOS. The van der Waals surface area contributed by atoms with Crippen LogP contribution in [0.15, 0.2) is 29.6 Å². The molecule has 2 rings (SSSR count). The van der Waals surface area contributed by atoms with E-state index < -0.39 is 0 Å². The van der Waals surface area contributed by atoms with Crippen molar-refractivity contribution in [3.63, 3.8) is 0 Å². The molecule has 1 heterocycles. The molecule has 0 aliphatic carbocycles. The van der Waals surface area contributed by atoms with Crippen LogP contribution in [0.2, 0.25) is 0 Å². The maximum atomic E-state index is 6.23. The van der Waals surface area contributed by atoms with Gasteiger partial charge in [-0.15, -0.1) is 11.3 Å². The zero-order valence-corrected chi connectivity index (χ0v) is 12.6. The molecule has 2 atom stereocenters. The molecule has 104 valence electrons. The van der Waals surface area contributed by atoms with Crippen LogP contribution < -0.4 is 10.5 Å². The number of rotatable bonds is 7. The summed E-state index contributed by atoms with van der Waals surface area (Å²) < 4.78 is 7.51. The fourth-order valence-electron chi connectivity index (χ4n) is 2.32. The number of thiophene rings is 1. The van der Waals surface area contributed by atoms with Crippen molar-refractivity contribution in [2.24, 2.45) is 5.73 Å². The number of unbranched alkanes of at least 4 members (excludes halogenated alkanes) is 1. The van der Waals surface area contributed by atoms with Crippen LogP contribution in [-0.2, 0) is 0 Å². The molecule has 1 aromatic heterocycles. The molecule has 0 amide bonds. The topological polar surface area (TPSA) is 35.2 Å². The van der Waals surface area contributed by atoms with E-state index in [1.54, 1.807) is 11.3 Å². The standard InChI is InChI=1S/C16H23NOS/c1-3-4-6-13(11-12(2)17)18-15-7-5-8-16-14(15)9-10-19-16/h5,7-10,12-13H,3-4,6,11,17H2,1-2H3. The summed E-state index contributed by atoms with van der Waals surface area (Å²) in [7, 11) is 0. The molecule has 0 spiro atoms. The second kappa shape index (κ2) is 6.92. The van der Waals surface area contributed by atoms with Gasteiger partial charge >= 0.3 is 0 Å². The number of fused-ring (bicyclic) bond motifs is 1. The molecule has 3 heteroatoms. The first kappa shape index (κ1) is 14.4. The van der Waals surface area contributed by atoms with E-state index in [2.05, 4.69) is 36.6 Å². The second-order valence-corrected chi connectivity index (χ2v) is 6.13. The van der Waals surface area contributed by atoms with Crippen LogP contribution in [0.5, 0.6) is 5.75 Å². The number of hydrogen-bond acceptors (Lipinski definition) is 3. The molecule has 19 heavy (non-hydrogen) atoms. The summed E-state index contributed by atoms with van der Waals surface area (Å²) >= 11 is 1.76. The fourth-order valence-corrected chi connectivity index (χ4v) is 3.12. The van der Waals surface area contributed by atoms with Crippen LogP contribution in [-0.4, -0.2) is 12.1 Å². The van der Waals surface area contributed by atoms with E-state index in [1.807, 2.05) is 6.92 Å². The predicted molar refractivity (Wildman–Crippen MR) is 84.0 cm³/mol. The maximum Gasteiger partial charge on any atom is 0.128 e. The maximum absolute atomic E-state index is 6.23. The van der Waals surface area contributed by atoms with Gasteiger partial charge in [-0.3, -0.25) is 0 Å². The van der Waals surface area contributed by atoms with Crippen molar-refractivity contribution in [1.29, 1.82) is 0 Å². The van der Waals surface area contributed by atoms with Gasteiger partial charge in [0.15, 0.2) is 0 Å². The third kappa shape index (κ3) is 3.95. The van der Waals surface area contributed by atoms with E-state index in [0.29, 0.717) is 0 Å². The molecule has 0 radical (unpaired) electrons. The number of nitrogens with two attached hydrogens (primary N) is 1. The van der Waals surface area contributed by atoms with Gasteiger partial charge in [0, 0.05) is 16.1 Å². The lowest BCUT2D eigenvalue weighted by Gasteiger charge is -2.21. The summed E-state index contributed by atoms with van der Waals surface area (Å²) in [6, 6.07) is 8.59. The van der Waals surface area contributed by atoms with E-state index in [1.165, 1.54) is 22.9 Å². The summed E-state index contributed by atoms with van der Waals surface area (Å²) in [5.41, 5.74) is 5.93. The Balaban J connectivity index is 2.12. The number of benzene rings is 1. The Hall–Kier alpha value is -1.06. The van der Waals surface area contributed by atoms with Crippen LogP contribution in [0.4, 0.5) is 0 Å². The molecule has 2 unspecified atom stereocenters. The lowest BCUT2D eigenvalue weighted by atomic mass is 10.1. The fraction of sp³-hybridized carbons (Fsp3) is 0.500. The van der Waals surface area contributed by atoms with Crippen molar-refractivity contribution < 1.29 is 4.74 Å². The van der Waals surface area contributed by atoms with E-state index >= 15 is 0 Å². The third-order valence-electron chi connectivity index (χ3n) is 3.26. The Morgan fingerprint density at radius 3 is 2.89 bits per heavy atom. The summed E-state index contributed by atoms with van der Waals surface area (Å²) in [4.78, 5) is 0. The summed E-state index contributed by atoms with van der Waals surface area (Å²) in [6.45, 7) is 4.26. The molecule has 0 saturated carbocycles. The van der Waals surface area contributed by atoms with Gasteiger partial charge in [0.25, 0.3) is 0 Å². The first-order valence-electron chi connectivity index (χ1n) is 7.09. The molecule has 0 fully saturated rings. The van der Waals surface area contributed by atoms with Crippen LogP contribution in [0.3, 0.4) is 0 Å². The van der Waals surface area contributed by atoms with E-state index in [4.69, 9.17) is 10.5 Å². The van der Waals surface area contributed by atoms with Crippen LogP contribution in [0, 0.1) is 0 Å². The monoisotopic (exact) mass is 277 g/mol. The van der Waals surface area contributed by atoms with Crippen molar-refractivity contribution in [2.75, 3.05) is 0 Å². The molecule has 1 aromatic carbocycles. The van der Waals surface area contributed by atoms with Gasteiger partial charge in [0.05, 0.1) is 0 Å². The van der Waals surface area contributed by atoms with E-state index in [9.17, 15) is 0 Å². The highest BCUT2D eigenvalue weighted by Crippen LogP contribution is 2.31. The smallest absolute Gasteiger partial charge is 0.128 e. The zero-order chi connectivity index (χ0) is 13.7. The Morgan fingerprint density at radius 1 is 1.32 bits per heavy atom. The minimum atomic E-state index is 0.184. The lowest BCUT2D eigenvalue weighted by molar-refractivity contribution is 0.173. The van der Waals surface area contributed by atoms with Gasteiger partial charge in [-0.2, -0.15) is 0 Å². The summed E-state index contributed by atoms with van der Waals surface area (Å²) in [5, 5.41) is 3.34. The second-order valence-electron chi connectivity index (χ2n) is 5.18. The molecule has 0 aliphatic heterocycles. The highest BCUT2D eigenvalue weighted by atomic mass is 32.1. The average Bonchev–Trinajstić information content (AvgIpc) is 2.84. The molecule has 0 aliphatic rings. The largest absolute Gasteiger partial charge is 0.490 e. The Morgan fingerprint density at radius 2 is 2.16 bits per heavy atom. The Kier molecular flexibility index (Phi) is 5.23. The molecule has 0 saturated heterocycles. The van der Waals surface area contributed by atoms with Crippen LogP contribution in [0.1, 0.15) is 39.5 Å². The lowest BCUT2D eigenvalue weighted by Crippen LogP contribution is -2.27. The molecular weight excluding hydrogens is 254 g/mol. The number of hydrogen-bond donors (Lipinski definition) is 1. The van der Waals surface area contributed by atoms with Gasteiger partial charge in [-0.05, 0) is 43.3 Å². The molecule has 0 bridgehead atoms. The normalized spacial score (nSPS) is 14.5. The van der Waals surface area contributed by atoms with Crippen molar-refractivity contribution in [3.05, 3.63) is 29.6 Å². The SMILES string of the molecule is CCCCC(CC(C)N)Oc1cccc2sccc12. The van der Waals surface area contributed by atoms with Gasteiger partial charge in [0.2, 0.25) is 0 Å². The minimum Gasteiger partial charge on any atom is -0.490 e. The van der Waals surface area contributed by atoms with Crippen LogP contribution >= 0.6 is 11.3 Å². The quantitative estimate of drug-likeness (QED) is 0.804. The van der Waals surface area contributed by atoms with Gasteiger partial charge in [0.1, 0.15) is 11.9 Å². The van der Waals surface area contributed by atoms with Gasteiger partial charge in [-0.1, -0.05) is 25.8 Å². The predicted octanol–water partition coefficient (Wildman–Crippen LogP) is 4.58. The molecule has 2 nitrogen and oxygen atoms in total. The van der Waals surface area contributed by atoms with E-state index in [-0.39, 0.29) is 12.1 Å². The third-order valence-corrected chi connectivity index (χ3v) is 4.15. The first-order valence-corrected chi connectivity index (χ1v) is 7.97. The molecule has 2 aromatic rings. The van der Waals surface area contributed by atoms with Crippen molar-refractivity contribution >= 4 is 21.4 Å². The highest BCUT2D eigenvalue weighted by Gasteiger charge is 2.14. The van der Waals surface area contributed by atoms with Crippen molar-refractivity contribution in [2.45, 2.75) is 51.7 Å². The first-order chi connectivity index (χ1) is 9.20. The number of ether oxygens (including phenoxy) is 1. The Labute approximate surface area is 119 Å². The average molecular weight is 277 g/mol. The Bertz CT molecular complexity index is 506. The summed E-state index contributed by atoms with van der Waals surface area (Å²) in [6.07, 6.45) is 4.61. The van der Waals surface area contributed by atoms with Crippen molar-refractivity contribution in [1.82, 2.24) is 0 Å². The highest BCUT2D eigenvalue weighted by molar-refractivity contribution is 7.17. The molecule has 2 N–H and O–H groups in total. The van der Waals surface area contributed by atoms with Crippen molar-refractivity contribution in [3.8, 4) is 5.75 Å². The zero-order valence-electron chi connectivity index (χ0n) is 11.8. The van der Waals surface area contributed by atoms with Gasteiger partial charge < -0.3 is 10.5 Å². The summed E-state index contributed by atoms with van der Waals surface area (Å²) in [5.74, 6) is 1.00.